The summed E-state index contributed by atoms with van der Waals surface area (Å²) in [5.74, 6) is 0.898. The molecule has 0 radical (unpaired) electrons. The summed E-state index contributed by atoms with van der Waals surface area (Å²) >= 11 is 0. The summed E-state index contributed by atoms with van der Waals surface area (Å²) in [6.07, 6.45) is 1.59. The van der Waals surface area contributed by atoms with Gasteiger partial charge in [-0.1, -0.05) is 6.07 Å². The van der Waals surface area contributed by atoms with Gasteiger partial charge in [-0.05, 0) is 19.9 Å². The molecule has 2 rings (SSSR count). The van der Waals surface area contributed by atoms with E-state index in [-0.39, 0.29) is 18.3 Å². The average molecular weight is 251 g/mol. The molecule has 0 spiro atoms. The lowest BCUT2D eigenvalue weighted by Crippen LogP contribution is -2.54. The number of morpholine rings is 1. The fourth-order valence-corrected chi connectivity index (χ4v) is 2.43. The topological polar surface area (TPSA) is 71.6 Å². The lowest BCUT2D eigenvalue weighted by molar-refractivity contribution is -0.101. The Labute approximate surface area is 108 Å². The van der Waals surface area contributed by atoms with Crippen LogP contribution in [-0.4, -0.2) is 41.5 Å². The Morgan fingerprint density at radius 1 is 1.61 bits per heavy atom. The van der Waals surface area contributed by atoms with E-state index in [0.29, 0.717) is 13.1 Å². The van der Waals surface area contributed by atoms with E-state index in [2.05, 4.69) is 9.88 Å². The van der Waals surface area contributed by atoms with Gasteiger partial charge in [0.2, 0.25) is 0 Å². The predicted molar refractivity (Wildman–Crippen MR) is 70.4 cm³/mol. The zero-order valence-electron chi connectivity index (χ0n) is 11.0. The van der Waals surface area contributed by atoms with Crippen LogP contribution in [0.4, 0.5) is 5.82 Å². The molecule has 5 heteroatoms. The molecule has 1 aliphatic heterocycles. The molecule has 1 unspecified atom stereocenters. The molecular weight excluding hydrogens is 230 g/mol. The molecule has 1 fully saturated rings. The molecule has 18 heavy (non-hydrogen) atoms. The molecular formula is C13H21N3O2. The zero-order valence-corrected chi connectivity index (χ0v) is 11.0. The van der Waals surface area contributed by atoms with Crippen LogP contribution < -0.4 is 10.6 Å². The first kappa shape index (κ1) is 13.3. The number of nitrogens with two attached hydrogens (primary N) is 1. The van der Waals surface area contributed by atoms with E-state index in [1.54, 1.807) is 6.20 Å². The van der Waals surface area contributed by atoms with Crippen molar-refractivity contribution in [3.8, 4) is 0 Å². The Hall–Kier alpha value is -1.17. The first-order valence-electron chi connectivity index (χ1n) is 6.23. The lowest BCUT2D eigenvalue weighted by atomic mass is 10.0. The predicted octanol–water partition coefficient (Wildman–Crippen LogP) is 0.516. The second-order valence-electron chi connectivity index (χ2n) is 5.25. The summed E-state index contributed by atoms with van der Waals surface area (Å²) < 4.78 is 5.80. The van der Waals surface area contributed by atoms with Crippen molar-refractivity contribution >= 4 is 5.82 Å². The smallest absolute Gasteiger partial charge is 0.133 e. The van der Waals surface area contributed by atoms with Gasteiger partial charge in [-0.3, -0.25) is 0 Å². The number of hydrogen-bond donors (Lipinski definition) is 2. The zero-order chi connectivity index (χ0) is 13.2. The van der Waals surface area contributed by atoms with Gasteiger partial charge in [0.05, 0.1) is 18.3 Å². The van der Waals surface area contributed by atoms with Crippen molar-refractivity contribution in [2.45, 2.75) is 32.1 Å². The minimum Gasteiger partial charge on any atom is -0.394 e. The van der Waals surface area contributed by atoms with E-state index in [1.165, 1.54) is 0 Å². The molecule has 0 amide bonds. The summed E-state index contributed by atoms with van der Waals surface area (Å²) in [7, 11) is 0. The van der Waals surface area contributed by atoms with Crippen molar-refractivity contribution in [2.75, 3.05) is 24.6 Å². The average Bonchev–Trinajstić information content (AvgIpc) is 2.36. The molecule has 1 aliphatic rings. The van der Waals surface area contributed by atoms with Gasteiger partial charge in [0.25, 0.3) is 0 Å². The fourth-order valence-electron chi connectivity index (χ4n) is 2.43. The standard InChI is InChI=1S/C13H21N3O2/c1-13(2)9-16(7-11(8-17)18-13)12-10(6-14)4-3-5-15-12/h3-5,11,17H,6-9,14H2,1-2H3. The number of nitrogens with zero attached hydrogens (tertiary/aromatic N) is 2. The van der Waals surface area contributed by atoms with E-state index in [0.717, 1.165) is 17.9 Å². The second kappa shape index (κ2) is 5.22. The molecule has 5 nitrogen and oxygen atoms in total. The van der Waals surface area contributed by atoms with Crippen LogP contribution in [0.25, 0.3) is 0 Å². The van der Waals surface area contributed by atoms with Crippen LogP contribution in [0.5, 0.6) is 0 Å². The quantitative estimate of drug-likeness (QED) is 0.819. The van der Waals surface area contributed by atoms with Gasteiger partial charge in [0.15, 0.2) is 0 Å². The molecule has 3 N–H and O–H groups in total. The largest absolute Gasteiger partial charge is 0.394 e. The maximum atomic E-state index is 9.32. The number of ether oxygens (including phenoxy) is 1. The van der Waals surface area contributed by atoms with Crippen LogP contribution in [0.3, 0.4) is 0 Å². The molecule has 0 saturated carbocycles. The summed E-state index contributed by atoms with van der Waals surface area (Å²) in [6, 6.07) is 3.87. The van der Waals surface area contributed by atoms with E-state index >= 15 is 0 Å². The van der Waals surface area contributed by atoms with Crippen LogP contribution in [0.15, 0.2) is 18.3 Å². The fraction of sp³-hybridized carbons (Fsp3) is 0.615. The Balaban J connectivity index is 2.26. The molecule has 2 heterocycles. The maximum absolute atomic E-state index is 9.32. The summed E-state index contributed by atoms with van der Waals surface area (Å²) in [4.78, 5) is 6.56. The van der Waals surface area contributed by atoms with Gasteiger partial charge in [0.1, 0.15) is 5.82 Å². The van der Waals surface area contributed by atoms with Gasteiger partial charge in [-0.25, -0.2) is 4.98 Å². The third kappa shape index (κ3) is 2.80. The molecule has 0 aromatic carbocycles. The number of anilines is 1. The SMILES string of the molecule is CC1(C)CN(c2ncccc2CN)CC(CO)O1. The van der Waals surface area contributed by atoms with Gasteiger partial charge < -0.3 is 20.5 Å². The van der Waals surface area contributed by atoms with Crippen LogP contribution in [-0.2, 0) is 11.3 Å². The van der Waals surface area contributed by atoms with Crippen molar-refractivity contribution in [1.82, 2.24) is 4.98 Å². The van der Waals surface area contributed by atoms with Crippen LogP contribution >= 0.6 is 0 Å². The maximum Gasteiger partial charge on any atom is 0.133 e. The highest BCUT2D eigenvalue weighted by molar-refractivity contribution is 5.47. The van der Waals surface area contributed by atoms with E-state index < -0.39 is 0 Å². The number of aliphatic hydroxyl groups excluding tert-OH is 1. The van der Waals surface area contributed by atoms with E-state index in [4.69, 9.17) is 10.5 Å². The molecule has 1 aromatic rings. The van der Waals surface area contributed by atoms with Gasteiger partial charge in [-0.2, -0.15) is 0 Å². The Morgan fingerprint density at radius 2 is 2.39 bits per heavy atom. The molecule has 100 valence electrons. The third-order valence-corrected chi connectivity index (χ3v) is 3.07. The van der Waals surface area contributed by atoms with Gasteiger partial charge in [-0.15, -0.1) is 0 Å². The summed E-state index contributed by atoms with van der Waals surface area (Å²) in [5, 5.41) is 9.32. The highest BCUT2D eigenvalue weighted by Crippen LogP contribution is 2.26. The van der Waals surface area contributed by atoms with E-state index in [1.807, 2.05) is 26.0 Å². The third-order valence-electron chi connectivity index (χ3n) is 3.07. The first-order valence-corrected chi connectivity index (χ1v) is 6.23. The first-order chi connectivity index (χ1) is 8.55. The van der Waals surface area contributed by atoms with Crippen LogP contribution in [0, 0.1) is 0 Å². The Morgan fingerprint density at radius 3 is 3.06 bits per heavy atom. The minimum atomic E-state index is -0.297. The molecule has 0 bridgehead atoms. The molecule has 0 aliphatic carbocycles. The normalized spacial score (nSPS) is 23.1. The Kier molecular flexibility index (Phi) is 3.85. The number of aromatic nitrogens is 1. The van der Waals surface area contributed by atoms with Crippen molar-refractivity contribution in [3.05, 3.63) is 23.9 Å². The van der Waals surface area contributed by atoms with Crippen molar-refractivity contribution in [1.29, 1.82) is 0 Å². The minimum absolute atomic E-state index is 0.0186. The van der Waals surface area contributed by atoms with Crippen molar-refractivity contribution < 1.29 is 9.84 Å². The molecule has 1 aromatic heterocycles. The second-order valence-corrected chi connectivity index (χ2v) is 5.25. The van der Waals surface area contributed by atoms with Gasteiger partial charge in [0, 0.05) is 31.4 Å². The van der Waals surface area contributed by atoms with E-state index in [9.17, 15) is 5.11 Å². The molecule has 1 atom stereocenters. The van der Waals surface area contributed by atoms with Crippen LogP contribution in [0.1, 0.15) is 19.4 Å². The van der Waals surface area contributed by atoms with Gasteiger partial charge >= 0.3 is 0 Å². The molecule has 1 saturated heterocycles. The van der Waals surface area contributed by atoms with Crippen LogP contribution in [0.2, 0.25) is 0 Å². The summed E-state index contributed by atoms with van der Waals surface area (Å²) in [5.41, 5.74) is 6.47. The number of pyridine rings is 1. The number of hydrogen-bond acceptors (Lipinski definition) is 5. The highest BCUT2D eigenvalue weighted by Gasteiger charge is 2.34. The summed E-state index contributed by atoms with van der Waals surface area (Å²) in [6.45, 7) is 5.91. The lowest BCUT2D eigenvalue weighted by Gasteiger charge is -2.43. The van der Waals surface area contributed by atoms with Crippen molar-refractivity contribution in [3.63, 3.8) is 0 Å². The number of aliphatic hydroxyl groups is 1. The highest BCUT2D eigenvalue weighted by atomic mass is 16.5. The monoisotopic (exact) mass is 251 g/mol. The van der Waals surface area contributed by atoms with Crippen molar-refractivity contribution in [2.24, 2.45) is 5.73 Å². The number of rotatable bonds is 3. The Bertz CT molecular complexity index is 409.